The monoisotopic (exact) mass is 240 g/mol. The number of carbonyl (C=O) groups excluding carboxylic acids is 2. The highest BCUT2D eigenvalue weighted by Crippen LogP contribution is 2.03. The van der Waals surface area contributed by atoms with Crippen LogP contribution in [-0.2, 0) is 20.8 Å². The quantitative estimate of drug-likeness (QED) is 0.720. The summed E-state index contributed by atoms with van der Waals surface area (Å²) in [5, 5.41) is 2.34. The number of halogens is 1. The summed E-state index contributed by atoms with van der Waals surface area (Å²) in [6.45, 7) is -0.244. The Balaban J connectivity index is 2.30. The van der Waals surface area contributed by atoms with Crippen LogP contribution in [-0.4, -0.2) is 25.5 Å². The van der Waals surface area contributed by atoms with Crippen molar-refractivity contribution in [2.45, 2.75) is 6.42 Å². The van der Waals surface area contributed by atoms with Crippen molar-refractivity contribution in [1.82, 2.24) is 10.8 Å². The summed E-state index contributed by atoms with van der Waals surface area (Å²) >= 11 is 0. The van der Waals surface area contributed by atoms with E-state index in [9.17, 15) is 14.0 Å². The van der Waals surface area contributed by atoms with E-state index < -0.39 is 5.91 Å². The predicted octanol–water partition coefficient (Wildman–Crippen LogP) is 0.162. The van der Waals surface area contributed by atoms with Gasteiger partial charge in [0.15, 0.2) is 6.61 Å². The molecule has 1 rings (SSSR count). The minimum absolute atomic E-state index is 0.0635. The van der Waals surface area contributed by atoms with Gasteiger partial charge in [-0.25, -0.2) is 9.87 Å². The molecule has 0 atom stereocenters. The molecule has 1 aromatic rings. The average Bonchev–Trinajstić information content (AvgIpc) is 2.32. The predicted molar refractivity (Wildman–Crippen MR) is 58.3 cm³/mol. The zero-order valence-corrected chi connectivity index (χ0v) is 9.33. The number of rotatable bonds is 5. The summed E-state index contributed by atoms with van der Waals surface area (Å²) in [6, 6.07) is 5.56. The molecular weight excluding hydrogens is 227 g/mol. The molecule has 2 amide bonds. The molecule has 2 N–H and O–H groups in total. The number of hydrogen-bond donors (Lipinski definition) is 2. The SMILES string of the molecule is CNC(=O)CONC(=O)Cc1ccc(F)cc1. The molecule has 0 heterocycles. The van der Waals surface area contributed by atoms with Gasteiger partial charge < -0.3 is 5.32 Å². The topological polar surface area (TPSA) is 67.4 Å². The second-order valence-corrected chi connectivity index (χ2v) is 3.29. The zero-order valence-electron chi connectivity index (χ0n) is 9.33. The third-order valence-corrected chi connectivity index (χ3v) is 1.95. The third-order valence-electron chi connectivity index (χ3n) is 1.95. The van der Waals surface area contributed by atoms with E-state index >= 15 is 0 Å². The van der Waals surface area contributed by atoms with Gasteiger partial charge in [0.1, 0.15) is 5.82 Å². The van der Waals surface area contributed by atoms with E-state index in [0.717, 1.165) is 0 Å². The Hall–Kier alpha value is -1.95. The van der Waals surface area contributed by atoms with Gasteiger partial charge in [-0.15, -0.1) is 0 Å². The Morgan fingerprint density at radius 1 is 1.24 bits per heavy atom. The second-order valence-electron chi connectivity index (χ2n) is 3.29. The molecule has 5 nitrogen and oxygen atoms in total. The minimum atomic E-state index is -0.402. The van der Waals surface area contributed by atoms with Crippen LogP contribution in [0.3, 0.4) is 0 Å². The van der Waals surface area contributed by atoms with Gasteiger partial charge in [-0.05, 0) is 17.7 Å². The van der Waals surface area contributed by atoms with E-state index in [1.165, 1.54) is 31.3 Å². The van der Waals surface area contributed by atoms with Gasteiger partial charge in [-0.3, -0.25) is 14.4 Å². The fourth-order valence-corrected chi connectivity index (χ4v) is 1.08. The summed E-state index contributed by atoms with van der Waals surface area (Å²) in [5.41, 5.74) is 2.78. The molecule has 0 aliphatic heterocycles. The van der Waals surface area contributed by atoms with E-state index in [-0.39, 0.29) is 24.8 Å². The van der Waals surface area contributed by atoms with Crippen LogP contribution in [0.5, 0.6) is 0 Å². The Labute approximate surface area is 97.9 Å². The van der Waals surface area contributed by atoms with Crippen molar-refractivity contribution in [3.05, 3.63) is 35.6 Å². The van der Waals surface area contributed by atoms with Crippen LogP contribution >= 0.6 is 0 Å². The summed E-state index contributed by atoms with van der Waals surface area (Å²) in [5.74, 6) is -1.10. The second kappa shape index (κ2) is 6.59. The highest BCUT2D eigenvalue weighted by molar-refractivity contribution is 5.79. The number of likely N-dealkylation sites (N-methyl/N-ethyl adjacent to an activating group) is 1. The first-order valence-corrected chi connectivity index (χ1v) is 4.97. The van der Waals surface area contributed by atoms with E-state index in [0.29, 0.717) is 5.56 Å². The lowest BCUT2D eigenvalue weighted by atomic mass is 10.1. The van der Waals surface area contributed by atoms with Crippen molar-refractivity contribution in [2.75, 3.05) is 13.7 Å². The number of hydrogen-bond acceptors (Lipinski definition) is 3. The maximum Gasteiger partial charge on any atom is 0.248 e. The van der Waals surface area contributed by atoms with E-state index in [1.807, 2.05) is 0 Å². The molecule has 0 saturated heterocycles. The first-order valence-electron chi connectivity index (χ1n) is 4.97. The molecule has 0 aromatic heterocycles. The van der Waals surface area contributed by atoms with Crippen LogP contribution in [0.2, 0.25) is 0 Å². The summed E-state index contributed by atoms with van der Waals surface area (Å²) in [7, 11) is 1.46. The average molecular weight is 240 g/mol. The third kappa shape index (κ3) is 5.07. The Morgan fingerprint density at radius 3 is 2.47 bits per heavy atom. The fraction of sp³-hybridized carbons (Fsp3) is 0.273. The lowest BCUT2D eigenvalue weighted by Gasteiger charge is -2.05. The van der Waals surface area contributed by atoms with Gasteiger partial charge in [0, 0.05) is 7.05 Å². The normalized spacial score (nSPS) is 9.76. The number of nitrogens with one attached hydrogen (secondary N) is 2. The molecule has 0 radical (unpaired) electrons. The van der Waals surface area contributed by atoms with E-state index in [1.54, 1.807) is 0 Å². The lowest BCUT2D eigenvalue weighted by molar-refractivity contribution is -0.138. The van der Waals surface area contributed by atoms with Crippen LogP contribution in [0, 0.1) is 5.82 Å². The van der Waals surface area contributed by atoms with Crippen LogP contribution in [0.15, 0.2) is 24.3 Å². The van der Waals surface area contributed by atoms with Crippen molar-refractivity contribution in [1.29, 1.82) is 0 Å². The molecule has 0 aliphatic carbocycles. The van der Waals surface area contributed by atoms with Crippen LogP contribution in [0.1, 0.15) is 5.56 Å². The van der Waals surface area contributed by atoms with Gasteiger partial charge in [-0.1, -0.05) is 12.1 Å². The van der Waals surface area contributed by atoms with Crippen LogP contribution < -0.4 is 10.8 Å². The van der Waals surface area contributed by atoms with Crippen molar-refractivity contribution in [3.63, 3.8) is 0 Å². The van der Waals surface area contributed by atoms with E-state index in [2.05, 4.69) is 15.6 Å². The largest absolute Gasteiger partial charge is 0.357 e. The minimum Gasteiger partial charge on any atom is -0.357 e. The Bertz CT molecular complexity index is 392. The molecule has 0 bridgehead atoms. The lowest BCUT2D eigenvalue weighted by Crippen LogP contribution is -2.31. The van der Waals surface area contributed by atoms with Gasteiger partial charge in [-0.2, -0.15) is 0 Å². The Morgan fingerprint density at radius 2 is 1.88 bits per heavy atom. The summed E-state index contributed by atoms with van der Waals surface area (Å²) < 4.78 is 12.6. The van der Waals surface area contributed by atoms with Crippen molar-refractivity contribution in [2.24, 2.45) is 0 Å². The van der Waals surface area contributed by atoms with Gasteiger partial charge in [0.25, 0.3) is 0 Å². The number of hydroxylamine groups is 1. The molecule has 92 valence electrons. The molecule has 6 heteroatoms. The molecule has 0 unspecified atom stereocenters. The number of amides is 2. The Kier molecular flexibility index (Phi) is 5.09. The molecular formula is C11H13FN2O3. The fourth-order valence-electron chi connectivity index (χ4n) is 1.08. The molecule has 17 heavy (non-hydrogen) atoms. The van der Waals surface area contributed by atoms with Crippen molar-refractivity contribution < 1.29 is 18.8 Å². The highest BCUT2D eigenvalue weighted by atomic mass is 19.1. The molecule has 0 fully saturated rings. The van der Waals surface area contributed by atoms with E-state index in [4.69, 9.17) is 0 Å². The summed E-state index contributed by atoms with van der Waals surface area (Å²) in [4.78, 5) is 26.7. The van der Waals surface area contributed by atoms with Crippen molar-refractivity contribution in [3.8, 4) is 0 Å². The van der Waals surface area contributed by atoms with Crippen LogP contribution in [0.4, 0.5) is 4.39 Å². The van der Waals surface area contributed by atoms with Crippen molar-refractivity contribution >= 4 is 11.8 Å². The zero-order chi connectivity index (χ0) is 12.7. The van der Waals surface area contributed by atoms with Crippen LogP contribution in [0.25, 0.3) is 0 Å². The first kappa shape index (κ1) is 13.1. The highest BCUT2D eigenvalue weighted by Gasteiger charge is 2.04. The smallest absolute Gasteiger partial charge is 0.248 e. The molecule has 0 spiro atoms. The first-order chi connectivity index (χ1) is 8.11. The molecule has 1 aromatic carbocycles. The summed E-state index contributed by atoms with van der Waals surface area (Å²) in [6.07, 6.45) is 0.0635. The van der Waals surface area contributed by atoms with Gasteiger partial charge in [0.2, 0.25) is 11.8 Å². The van der Waals surface area contributed by atoms with Gasteiger partial charge >= 0.3 is 0 Å². The standard InChI is InChI=1S/C11H13FN2O3/c1-13-11(16)7-17-14-10(15)6-8-2-4-9(12)5-3-8/h2-5H,6-7H2,1H3,(H,13,16)(H,14,15). The number of carbonyl (C=O) groups is 2. The molecule has 0 aliphatic rings. The van der Waals surface area contributed by atoms with Gasteiger partial charge in [0.05, 0.1) is 6.42 Å². The molecule has 0 saturated carbocycles. The maximum absolute atomic E-state index is 12.6. The maximum atomic E-state index is 12.6. The number of benzene rings is 1.